The fraction of sp³-hybridized carbons (Fsp3) is 0.591. The highest BCUT2D eigenvalue weighted by atomic mass is 16.6. The second-order valence-corrected chi connectivity index (χ2v) is 6.44. The number of hydrogen-bond donors (Lipinski definition) is 1. The molecule has 0 radical (unpaired) electrons. The molecule has 0 spiro atoms. The van der Waals surface area contributed by atoms with E-state index in [1.54, 1.807) is 0 Å². The van der Waals surface area contributed by atoms with Crippen LogP contribution in [0.1, 0.15) is 71.1 Å². The van der Waals surface area contributed by atoms with Gasteiger partial charge in [0.25, 0.3) is 0 Å². The molecule has 1 N–H and O–H groups in total. The topological polar surface area (TPSA) is 49.8 Å². The fourth-order valence-electron chi connectivity index (χ4n) is 2.60. The Morgan fingerprint density at radius 3 is 2.08 bits per heavy atom. The average molecular weight is 347 g/mol. The number of epoxide rings is 1. The molecule has 0 amide bonds. The van der Waals surface area contributed by atoms with E-state index < -0.39 is 5.97 Å². The third kappa shape index (κ3) is 13.4. The quantitative estimate of drug-likeness (QED) is 0.225. The third-order valence-corrected chi connectivity index (χ3v) is 4.13. The Bertz CT molecular complexity index is 460. The molecular formula is C22H34O3. The maximum absolute atomic E-state index is 10.4. The number of carboxylic acid groups (broad SMARTS) is 1. The molecule has 0 aliphatic carbocycles. The Morgan fingerprint density at radius 1 is 0.840 bits per heavy atom. The maximum atomic E-state index is 10.4. The third-order valence-electron chi connectivity index (χ3n) is 4.13. The minimum atomic E-state index is -0.693. The Labute approximate surface area is 153 Å². The summed E-state index contributed by atoms with van der Waals surface area (Å²) in [4.78, 5) is 10.4. The van der Waals surface area contributed by atoms with Gasteiger partial charge in [0, 0.05) is 6.42 Å². The first-order chi connectivity index (χ1) is 12.2. The van der Waals surface area contributed by atoms with Gasteiger partial charge in [0.2, 0.25) is 0 Å². The standard InChI is InChI=1S/C22H34O3/c1-2-3-4-5-6-7-8-11-14-17-20-21(25-20)18-15-12-9-10-13-16-19-22(23)24/h3-4,6-7,11-12,14-15,20-21H,2,5,8-10,13,16-19H2,1H3,(H,23,24)/b4-3-,7-6-,14-11-,15-12-. The molecule has 0 saturated carbocycles. The fourth-order valence-corrected chi connectivity index (χ4v) is 2.60. The summed E-state index contributed by atoms with van der Waals surface area (Å²) in [5.74, 6) is -0.693. The van der Waals surface area contributed by atoms with Gasteiger partial charge in [-0.25, -0.2) is 0 Å². The molecule has 25 heavy (non-hydrogen) atoms. The van der Waals surface area contributed by atoms with Crippen molar-refractivity contribution in [2.24, 2.45) is 0 Å². The van der Waals surface area contributed by atoms with Crippen LogP contribution in [-0.2, 0) is 9.53 Å². The molecule has 2 unspecified atom stereocenters. The van der Waals surface area contributed by atoms with E-state index in [4.69, 9.17) is 9.84 Å². The molecule has 0 aromatic carbocycles. The summed E-state index contributed by atoms with van der Waals surface area (Å²) < 4.78 is 5.67. The lowest BCUT2D eigenvalue weighted by Gasteiger charge is -1.95. The van der Waals surface area contributed by atoms with Crippen LogP contribution < -0.4 is 0 Å². The van der Waals surface area contributed by atoms with E-state index in [1.165, 1.54) is 0 Å². The first kappa shape index (κ1) is 21.4. The minimum Gasteiger partial charge on any atom is -0.481 e. The van der Waals surface area contributed by atoms with Crippen LogP contribution in [0, 0.1) is 0 Å². The van der Waals surface area contributed by atoms with Crippen molar-refractivity contribution in [3.8, 4) is 0 Å². The summed E-state index contributed by atoms with van der Waals surface area (Å²) in [7, 11) is 0. The van der Waals surface area contributed by atoms with Crippen molar-refractivity contribution in [2.75, 3.05) is 0 Å². The number of carbonyl (C=O) groups is 1. The summed E-state index contributed by atoms with van der Waals surface area (Å²) >= 11 is 0. The van der Waals surface area contributed by atoms with E-state index in [-0.39, 0.29) is 0 Å². The first-order valence-electron chi connectivity index (χ1n) is 9.71. The van der Waals surface area contributed by atoms with Crippen molar-refractivity contribution in [2.45, 2.75) is 83.3 Å². The highest BCUT2D eigenvalue weighted by Gasteiger charge is 2.35. The van der Waals surface area contributed by atoms with Crippen LogP contribution in [0.3, 0.4) is 0 Å². The van der Waals surface area contributed by atoms with Crippen LogP contribution >= 0.6 is 0 Å². The lowest BCUT2D eigenvalue weighted by atomic mass is 10.1. The molecule has 0 bridgehead atoms. The molecule has 0 aromatic heterocycles. The molecule has 0 aromatic rings. The van der Waals surface area contributed by atoms with Gasteiger partial charge in [-0.1, -0.05) is 62.0 Å². The Morgan fingerprint density at radius 2 is 1.44 bits per heavy atom. The van der Waals surface area contributed by atoms with Crippen molar-refractivity contribution < 1.29 is 14.6 Å². The van der Waals surface area contributed by atoms with Crippen molar-refractivity contribution in [1.82, 2.24) is 0 Å². The van der Waals surface area contributed by atoms with Crippen LogP contribution in [-0.4, -0.2) is 23.3 Å². The second-order valence-electron chi connectivity index (χ2n) is 6.44. The van der Waals surface area contributed by atoms with Crippen LogP contribution in [0.4, 0.5) is 0 Å². The van der Waals surface area contributed by atoms with E-state index in [2.05, 4.69) is 55.5 Å². The van der Waals surface area contributed by atoms with Crippen LogP contribution in [0.2, 0.25) is 0 Å². The van der Waals surface area contributed by atoms with Gasteiger partial charge in [-0.05, 0) is 51.4 Å². The van der Waals surface area contributed by atoms with Crippen molar-refractivity contribution in [1.29, 1.82) is 0 Å². The largest absolute Gasteiger partial charge is 0.481 e. The summed E-state index contributed by atoms with van der Waals surface area (Å²) in [6.45, 7) is 2.15. The normalized spacial score (nSPS) is 20.5. The van der Waals surface area contributed by atoms with E-state index in [0.717, 1.165) is 57.8 Å². The Balaban J connectivity index is 1.92. The molecule has 1 saturated heterocycles. The van der Waals surface area contributed by atoms with E-state index in [0.29, 0.717) is 18.6 Å². The zero-order valence-corrected chi connectivity index (χ0v) is 15.6. The molecule has 140 valence electrons. The van der Waals surface area contributed by atoms with Crippen LogP contribution in [0.15, 0.2) is 48.6 Å². The van der Waals surface area contributed by atoms with Crippen molar-refractivity contribution in [3.05, 3.63) is 48.6 Å². The smallest absolute Gasteiger partial charge is 0.303 e. The lowest BCUT2D eigenvalue weighted by molar-refractivity contribution is -0.137. The zero-order valence-electron chi connectivity index (χ0n) is 15.6. The van der Waals surface area contributed by atoms with Crippen LogP contribution in [0.5, 0.6) is 0 Å². The number of carboxylic acids is 1. The Hall–Kier alpha value is -1.61. The van der Waals surface area contributed by atoms with Gasteiger partial charge in [0.15, 0.2) is 0 Å². The zero-order chi connectivity index (χ0) is 18.2. The molecule has 1 heterocycles. The van der Waals surface area contributed by atoms with Gasteiger partial charge in [-0.15, -0.1) is 0 Å². The molecule has 1 rings (SSSR count). The minimum absolute atomic E-state index is 0.292. The van der Waals surface area contributed by atoms with Gasteiger partial charge in [-0.3, -0.25) is 4.79 Å². The lowest BCUT2D eigenvalue weighted by Crippen LogP contribution is -1.93. The monoisotopic (exact) mass is 346 g/mol. The highest BCUT2D eigenvalue weighted by Crippen LogP contribution is 2.29. The molecule has 1 aliphatic rings. The van der Waals surface area contributed by atoms with Crippen molar-refractivity contribution >= 4 is 5.97 Å². The summed E-state index contributed by atoms with van der Waals surface area (Å²) in [6, 6.07) is 0. The summed E-state index contributed by atoms with van der Waals surface area (Å²) in [6.07, 6.45) is 27.8. The van der Waals surface area contributed by atoms with E-state index in [9.17, 15) is 4.79 Å². The first-order valence-corrected chi connectivity index (χ1v) is 9.71. The summed E-state index contributed by atoms with van der Waals surface area (Å²) in [5, 5.41) is 8.55. The highest BCUT2D eigenvalue weighted by molar-refractivity contribution is 5.66. The molecule has 1 fully saturated rings. The van der Waals surface area contributed by atoms with E-state index in [1.807, 2.05) is 0 Å². The molecule has 2 atom stereocenters. The van der Waals surface area contributed by atoms with Gasteiger partial charge in [-0.2, -0.15) is 0 Å². The number of unbranched alkanes of at least 4 members (excludes halogenated alkanes) is 3. The number of aliphatic carboxylic acids is 1. The molecule has 3 heteroatoms. The van der Waals surface area contributed by atoms with Gasteiger partial charge in [0.05, 0.1) is 12.2 Å². The number of ether oxygens (including phenoxy) is 1. The molecule has 3 nitrogen and oxygen atoms in total. The van der Waals surface area contributed by atoms with Crippen molar-refractivity contribution in [3.63, 3.8) is 0 Å². The summed E-state index contributed by atoms with van der Waals surface area (Å²) in [5.41, 5.74) is 0. The average Bonchev–Trinajstić information content (AvgIpc) is 3.34. The van der Waals surface area contributed by atoms with Gasteiger partial charge >= 0.3 is 5.97 Å². The number of allylic oxidation sites excluding steroid dienone is 6. The maximum Gasteiger partial charge on any atom is 0.303 e. The van der Waals surface area contributed by atoms with Gasteiger partial charge < -0.3 is 9.84 Å². The number of hydrogen-bond acceptors (Lipinski definition) is 2. The predicted molar refractivity (Wildman–Crippen MR) is 105 cm³/mol. The SMILES string of the molecule is CC/C=C\C/C=C\C/C=C\CC1OC1C/C=C\CCCCCC(=O)O. The predicted octanol–water partition coefficient (Wildman–Crippen LogP) is 5.98. The Kier molecular flexibility index (Phi) is 12.6. The second kappa shape index (κ2) is 14.7. The molecular weight excluding hydrogens is 312 g/mol. The number of rotatable bonds is 15. The molecule has 1 aliphatic heterocycles. The van der Waals surface area contributed by atoms with Crippen LogP contribution in [0.25, 0.3) is 0 Å². The van der Waals surface area contributed by atoms with Gasteiger partial charge in [0.1, 0.15) is 0 Å². The van der Waals surface area contributed by atoms with E-state index >= 15 is 0 Å².